The van der Waals surface area contributed by atoms with E-state index < -0.39 is 0 Å². The van der Waals surface area contributed by atoms with Gasteiger partial charge in [-0.15, -0.1) is 0 Å². The maximum absolute atomic E-state index is 12.8. The summed E-state index contributed by atoms with van der Waals surface area (Å²) in [5.74, 6) is -0.327. The Kier molecular flexibility index (Phi) is 4.37. The Morgan fingerprint density at radius 2 is 2.00 bits per heavy atom. The van der Waals surface area contributed by atoms with Gasteiger partial charge < -0.3 is 5.32 Å². The molecule has 1 aromatic heterocycles. The Morgan fingerprint density at radius 1 is 1.22 bits per heavy atom. The van der Waals surface area contributed by atoms with Crippen molar-refractivity contribution in [2.24, 2.45) is 0 Å². The number of halogens is 1. The molecule has 1 amide bonds. The average molecular weight is 311 g/mol. The van der Waals surface area contributed by atoms with Gasteiger partial charge >= 0.3 is 0 Å². The highest BCUT2D eigenvalue weighted by Gasteiger charge is 2.06. The molecule has 0 aliphatic carbocycles. The van der Waals surface area contributed by atoms with E-state index in [0.29, 0.717) is 19.5 Å². The SMILES string of the molecule is Cc1ccc2cnn(CCC(=O)NCc3ccc(F)cc3)c2c1. The summed E-state index contributed by atoms with van der Waals surface area (Å²) < 4.78 is 14.7. The van der Waals surface area contributed by atoms with Crippen molar-refractivity contribution in [1.82, 2.24) is 15.1 Å². The molecular weight excluding hydrogens is 293 g/mol. The zero-order chi connectivity index (χ0) is 16.2. The normalized spacial score (nSPS) is 10.9. The number of rotatable bonds is 5. The van der Waals surface area contributed by atoms with E-state index in [1.807, 2.05) is 29.9 Å². The van der Waals surface area contributed by atoms with Crippen molar-refractivity contribution in [1.29, 1.82) is 0 Å². The lowest BCUT2D eigenvalue weighted by Crippen LogP contribution is -2.24. The molecule has 0 radical (unpaired) electrons. The quantitative estimate of drug-likeness (QED) is 0.786. The molecule has 2 aromatic carbocycles. The molecule has 3 aromatic rings. The van der Waals surface area contributed by atoms with Crippen LogP contribution < -0.4 is 5.32 Å². The van der Waals surface area contributed by atoms with Crippen LogP contribution in [0.3, 0.4) is 0 Å². The van der Waals surface area contributed by atoms with Crippen molar-refractivity contribution in [2.75, 3.05) is 0 Å². The minimum absolute atomic E-state index is 0.0503. The van der Waals surface area contributed by atoms with Crippen molar-refractivity contribution in [3.8, 4) is 0 Å². The van der Waals surface area contributed by atoms with E-state index in [1.54, 1.807) is 12.1 Å². The van der Waals surface area contributed by atoms with E-state index in [-0.39, 0.29) is 11.7 Å². The molecule has 5 heteroatoms. The molecule has 0 aliphatic rings. The third-order valence-electron chi connectivity index (χ3n) is 3.75. The van der Waals surface area contributed by atoms with Crippen LogP contribution in [-0.4, -0.2) is 15.7 Å². The summed E-state index contributed by atoms with van der Waals surface area (Å²) >= 11 is 0. The van der Waals surface area contributed by atoms with E-state index in [2.05, 4.69) is 16.5 Å². The standard InChI is InChI=1S/C18H18FN3O/c1-13-2-5-15-12-21-22(17(15)10-13)9-8-18(23)20-11-14-3-6-16(19)7-4-14/h2-7,10,12H,8-9,11H2,1H3,(H,20,23). The van der Waals surface area contributed by atoms with Gasteiger partial charge in [0.05, 0.1) is 18.3 Å². The predicted octanol–water partition coefficient (Wildman–Crippen LogP) is 3.19. The number of nitrogens with zero attached hydrogens (tertiary/aromatic N) is 2. The maximum atomic E-state index is 12.8. The summed E-state index contributed by atoms with van der Waals surface area (Å²) in [5, 5.41) is 8.24. The van der Waals surface area contributed by atoms with Gasteiger partial charge in [-0.2, -0.15) is 5.10 Å². The topological polar surface area (TPSA) is 46.9 Å². The van der Waals surface area contributed by atoms with Gasteiger partial charge in [-0.05, 0) is 36.2 Å². The summed E-state index contributed by atoms with van der Waals surface area (Å²) in [4.78, 5) is 12.0. The number of carbonyl (C=O) groups excluding carboxylic acids is 1. The van der Waals surface area contributed by atoms with Crippen LogP contribution in [0.15, 0.2) is 48.7 Å². The molecule has 1 N–H and O–H groups in total. The highest BCUT2D eigenvalue weighted by Crippen LogP contribution is 2.15. The van der Waals surface area contributed by atoms with Crippen molar-refractivity contribution in [3.63, 3.8) is 0 Å². The summed E-state index contributed by atoms with van der Waals surface area (Å²) in [5.41, 5.74) is 3.08. The van der Waals surface area contributed by atoms with E-state index in [1.165, 1.54) is 17.7 Å². The van der Waals surface area contributed by atoms with Gasteiger partial charge in [0.25, 0.3) is 0 Å². The number of aromatic nitrogens is 2. The molecule has 0 unspecified atom stereocenters. The number of aryl methyl sites for hydroxylation is 2. The molecular formula is C18H18FN3O. The van der Waals surface area contributed by atoms with E-state index in [4.69, 9.17) is 0 Å². The van der Waals surface area contributed by atoms with Gasteiger partial charge in [-0.1, -0.05) is 24.3 Å². The number of nitrogens with one attached hydrogen (secondary N) is 1. The van der Waals surface area contributed by atoms with Gasteiger partial charge in [0.15, 0.2) is 0 Å². The lowest BCUT2D eigenvalue weighted by atomic mass is 10.2. The van der Waals surface area contributed by atoms with Crippen LogP contribution in [0.4, 0.5) is 4.39 Å². The molecule has 118 valence electrons. The Morgan fingerprint density at radius 3 is 2.78 bits per heavy atom. The Hall–Kier alpha value is -2.69. The van der Waals surface area contributed by atoms with Gasteiger partial charge in [0.1, 0.15) is 5.82 Å². The number of benzene rings is 2. The number of hydrogen-bond acceptors (Lipinski definition) is 2. The van der Waals surface area contributed by atoms with Crippen LogP contribution in [0.25, 0.3) is 10.9 Å². The molecule has 0 saturated carbocycles. The van der Waals surface area contributed by atoms with Crippen LogP contribution in [-0.2, 0) is 17.9 Å². The largest absolute Gasteiger partial charge is 0.352 e. The molecule has 4 nitrogen and oxygen atoms in total. The second kappa shape index (κ2) is 6.60. The fraction of sp³-hybridized carbons (Fsp3) is 0.222. The average Bonchev–Trinajstić information content (AvgIpc) is 2.94. The van der Waals surface area contributed by atoms with Gasteiger partial charge in [0, 0.05) is 18.4 Å². The van der Waals surface area contributed by atoms with Crippen molar-refractivity contribution < 1.29 is 9.18 Å². The second-order valence-electron chi connectivity index (χ2n) is 5.58. The van der Waals surface area contributed by atoms with E-state index >= 15 is 0 Å². The minimum atomic E-state index is -0.277. The molecule has 3 rings (SSSR count). The highest BCUT2D eigenvalue weighted by molar-refractivity contribution is 5.80. The molecule has 0 spiro atoms. The maximum Gasteiger partial charge on any atom is 0.222 e. The number of fused-ring (bicyclic) bond motifs is 1. The van der Waals surface area contributed by atoms with Gasteiger partial charge in [-0.3, -0.25) is 9.48 Å². The highest BCUT2D eigenvalue weighted by atomic mass is 19.1. The molecule has 1 heterocycles. The fourth-order valence-electron chi connectivity index (χ4n) is 2.46. The lowest BCUT2D eigenvalue weighted by molar-refractivity contribution is -0.121. The van der Waals surface area contributed by atoms with Crippen LogP contribution in [0.2, 0.25) is 0 Å². The first kappa shape index (κ1) is 15.2. The van der Waals surface area contributed by atoms with Crippen LogP contribution in [0.5, 0.6) is 0 Å². The zero-order valence-corrected chi connectivity index (χ0v) is 12.9. The third kappa shape index (κ3) is 3.74. The predicted molar refractivity (Wildman–Crippen MR) is 87.3 cm³/mol. The molecule has 23 heavy (non-hydrogen) atoms. The van der Waals surface area contributed by atoms with Crippen LogP contribution >= 0.6 is 0 Å². The smallest absolute Gasteiger partial charge is 0.222 e. The summed E-state index contributed by atoms with van der Waals surface area (Å²) in [6.07, 6.45) is 2.16. The Balaban J connectivity index is 1.55. The lowest BCUT2D eigenvalue weighted by Gasteiger charge is -2.07. The molecule has 0 bridgehead atoms. The molecule has 0 atom stereocenters. The van der Waals surface area contributed by atoms with E-state index in [0.717, 1.165) is 16.5 Å². The first-order valence-electron chi connectivity index (χ1n) is 7.55. The van der Waals surface area contributed by atoms with Gasteiger partial charge in [-0.25, -0.2) is 4.39 Å². The van der Waals surface area contributed by atoms with Crippen LogP contribution in [0.1, 0.15) is 17.5 Å². The minimum Gasteiger partial charge on any atom is -0.352 e. The fourth-order valence-corrected chi connectivity index (χ4v) is 2.46. The summed E-state index contributed by atoms with van der Waals surface area (Å²) in [7, 11) is 0. The summed E-state index contributed by atoms with van der Waals surface area (Å²) in [6, 6.07) is 12.3. The monoisotopic (exact) mass is 311 g/mol. The van der Waals surface area contributed by atoms with Crippen molar-refractivity contribution >= 4 is 16.8 Å². The number of amides is 1. The van der Waals surface area contributed by atoms with E-state index in [9.17, 15) is 9.18 Å². The molecule has 0 aliphatic heterocycles. The Bertz CT molecular complexity index is 824. The number of hydrogen-bond donors (Lipinski definition) is 1. The first-order chi connectivity index (χ1) is 11.1. The Labute approximate surface area is 133 Å². The van der Waals surface area contributed by atoms with Crippen molar-refractivity contribution in [3.05, 3.63) is 65.6 Å². The van der Waals surface area contributed by atoms with Gasteiger partial charge in [0.2, 0.25) is 5.91 Å². The number of carbonyl (C=O) groups is 1. The zero-order valence-electron chi connectivity index (χ0n) is 12.9. The van der Waals surface area contributed by atoms with Crippen molar-refractivity contribution in [2.45, 2.75) is 26.4 Å². The third-order valence-corrected chi connectivity index (χ3v) is 3.75. The second-order valence-corrected chi connectivity index (χ2v) is 5.58. The molecule has 0 saturated heterocycles. The summed E-state index contributed by atoms with van der Waals surface area (Å²) in [6.45, 7) is 2.96. The molecule has 0 fully saturated rings. The first-order valence-corrected chi connectivity index (χ1v) is 7.55. The van der Waals surface area contributed by atoms with Crippen LogP contribution in [0, 0.1) is 12.7 Å².